The molecule has 1 aliphatic carbocycles. The Bertz CT molecular complexity index is 1160. The number of carbonyl (C=O) groups excluding carboxylic acids is 1. The SMILES string of the molecule is COc1cc(Cn2c3c(c4ccccc42)C(C(N)=O)CCC3CCCCCCN(C)C)cc(OC)c1. The van der Waals surface area contributed by atoms with Gasteiger partial charge in [-0.2, -0.15) is 0 Å². The first-order valence-electron chi connectivity index (χ1n) is 13.2. The number of hydrogen-bond donors (Lipinski definition) is 1. The first-order valence-corrected chi connectivity index (χ1v) is 13.2. The Balaban J connectivity index is 1.70. The van der Waals surface area contributed by atoms with E-state index in [1.807, 2.05) is 6.07 Å². The lowest BCUT2D eigenvalue weighted by Gasteiger charge is -2.30. The summed E-state index contributed by atoms with van der Waals surface area (Å²) in [6, 6.07) is 14.5. The fourth-order valence-electron chi connectivity index (χ4n) is 5.85. The normalized spacial score (nSPS) is 17.4. The molecule has 1 amide bonds. The van der Waals surface area contributed by atoms with Gasteiger partial charge < -0.3 is 24.7 Å². The van der Waals surface area contributed by atoms with Crippen molar-refractivity contribution >= 4 is 16.8 Å². The molecule has 2 unspecified atom stereocenters. The van der Waals surface area contributed by atoms with Crippen molar-refractivity contribution in [3.8, 4) is 11.5 Å². The number of hydrogen-bond acceptors (Lipinski definition) is 4. The first kappa shape index (κ1) is 26.1. The molecule has 6 heteroatoms. The zero-order valence-electron chi connectivity index (χ0n) is 22.3. The number of nitrogens with zero attached hydrogens (tertiary/aromatic N) is 2. The van der Waals surface area contributed by atoms with Gasteiger partial charge in [0.15, 0.2) is 0 Å². The second kappa shape index (κ2) is 11.8. The van der Waals surface area contributed by atoms with Crippen LogP contribution >= 0.6 is 0 Å². The first-order chi connectivity index (χ1) is 17.4. The molecule has 0 fully saturated rings. The third kappa shape index (κ3) is 5.70. The Morgan fingerprint density at radius 3 is 2.36 bits per heavy atom. The van der Waals surface area contributed by atoms with Crippen LogP contribution in [0.1, 0.15) is 73.6 Å². The third-order valence-corrected chi connectivity index (χ3v) is 7.59. The number of fused-ring (bicyclic) bond motifs is 3. The fraction of sp³-hybridized carbons (Fsp3) is 0.500. The van der Waals surface area contributed by atoms with Crippen molar-refractivity contribution in [1.82, 2.24) is 9.47 Å². The minimum atomic E-state index is -0.234. The standard InChI is InChI=1S/C30H41N3O3/c1-32(2)16-10-6-5-7-11-22-14-15-26(30(31)34)28-25-12-8-9-13-27(25)33(29(22)28)20-21-17-23(35-3)19-24(18-21)36-4/h8-9,12-13,17-19,22,26H,5-7,10-11,14-16,20H2,1-4H3,(H2,31,34). The quantitative estimate of drug-likeness (QED) is 0.332. The maximum absolute atomic E-state index is 12.6. The number of rotatable bonds is 12. The van der Waals surface area contributed by atoms with Crippen molar-refractivity contribution in [3.63, 3.8) is 0 Å². The van der Waals surface area contributed by atoms with Crippen molar-refractivity contribution in [2.24, 2.45) is 5.73 Å². The maximum Gasteiger partial charge on any atom is 0.225 e. The van der Waals surface area contributed by atoms with Gasteiger partial charge in [-0.15, -0.1) is 0 Å². The number of methoxy groups -OCH3 is 2. The minimum absolute atomic E-state index is 0.218. The van der Waals surface area contributed by atoms with Crippen molar-refractivity contribution < 1.29 is 14.3 Å². The largest absolute Gasteiger partial charge is 0.497 e. The zero-order chi connectivity index (χ0) is 25.7. The summed E-state index contributed by atoms with van der Waals surface area (Å²) in [6.07, 6.45) is 7.90. The van der Waals surface area contributed by atoms with Gasteiger partial charge in [0.1, 0.15) is 11.5 Å². The van der Waals surface area contributed by atoms with Gasteiger partial charge in [-0.25, -0.2) is 0 Å². The summed E-state index contributed by atoms with van der Waals surface area (Å²) in [5.74, 6) is 1.52. The van der Waals surface area contributed by atoms with Gasteiger partial charge in [-0.1, -0.05) is 37.5 Å². The summed E-state index contributed by atoms with van der Waals surface area (Å²) in [5, 5.41) is 1.15. The lowest BCUT2D eigenvalue weighted by molar-refractivity contribution is -0.119. The molecule has 0 radical (unpaired) electrons. The van der Waals surface area contributed by atoms with E-state index in [1.54, 1.807) is 14.2 Å². The van der Waals surface area contributed by atoms with Gasteiger partial charge in [0.2, 0.25) is 5.91 Å². The number of ether oxygens (including phenoxy) is 2. The zero-order valence-corrected chi connectivity index (χ0v) is 22.3. The molecule has 36 heavy (non-hydrogen) atoms. The summed E-state index contributed by atoms with van der Waals surface area (Å²) < 4.78 is 13.5. The summed E-state index contributed by atoms with van der Waals surface area (Å²) in [5.41, 5.74) is 10.7. The van der Waals surface area contributed by atoms with Gasteiger partial charge >= 0.3 is 0 Å². The lowest BCUT2D eigenvalue weighted by atomic mass is 9.77. The van der Waals surface area contributed by atoms with Gasteiger partial charge in [0.25, 0.3) is 0 Å². The molecular weight excluding hydrogens is 450 g/mol. The highest BCUT2D eigenvalue weighted by atomic mass is 16.5. The van der Waals surface area contributed by atoms with E-state index in [1.165, 1.54) is 31.4 Å². The molecule has 6 nitrogen and oxygen atoms in total. The molecule has 0 aliphatic heterocycles. The molecule has 194 valence electrons. The van der Waals surface area contributed by atoms with E-state index < -0.39 is 0 Å². The predicted octanol–water partition coefficient (Wildman–Crippen LogP) is 5.67. The molecular formula is C30H41N3O3. The number of nitrogens with two attached hydrogens (primary N) is 1. The predicted molar refractivity (Wildman–Crippen MR) is 146 cm³/mol. The van der Waals surface area contributed by atoms with Gasteiger partial charge in [0, 0.05) is 29.2 Å². The molecule has 2 atom stereocenters. The van der Waals surface area contributed by atoms with Crippen LogP contribution in [0.25, 0.3) is 10.9 Å². The number of unbranched alkanes of at least 4 members (excludes halogenated alkanes) is 3. The molecule has 0 saturated heterocycles. The molecule has 2 N–H and O–H groups in total. The number of para-hydroxylation sites is 1. The fourth-order valence-corrected chi connectivity index (χ4v) is 5.85. The van der Waals surface area contributed by atoms with E-state index in [0.717, 1.165) is 59.3 Å². The van der Waals surface area contributed by atoms with E-state index in [-0.39, 0.29) is 11.8 Å². The Morgan fingerprint density at radius 1 is 1.00 bits per heavy atom. The van der Waals surface area contributed by atoms with Gasteiger partial charge in [-0.3, -0.25) is 4.79 Å². The second-order valence-electron chi connectivity index (χ2n) is 10.4. The topological polar surface area (TPSA) is 69.7 Å². The van der Waals surface area contributed by atoms with Gasteiger partial charge in [-0.05, 0) is 81.6 Å². The van der Waals surface area contributed by atoms with Crippen LogP contribution in [0, 0.1) is 0 Å². The third-order valence-electron chi connectivity index (χ3n) is 7.59. The van der Waals surface area contributed by atoms with Crippen LogP contribution < -0.4 is 15.2 Å². The van der Waals surface area contributed by atoms with Crippen LogP contribution in [-0.4, -0.2) is 50.2 Å². The number of primary amides is 1. The molecule has 0 bridgehead atoms. The van der Waals surface area contributed by atoms with Crippen LogP contribution in [0.3, 0.4) is 0 Å². The van der Waals surface area contributed by atoms with Gasteiger partial charge in [0.05, 0.1) is 20.1 Å². The number of amides is 1. The van der Waals surface area contributed by atoms with Crippen LogP contribution in [0.15, 0.2) is 42.5 Å². The van der Waals surface area contributed by atoms with E-state index in [0.29, 0.717) is 12.5 Å². The van der Waals surface area contributed by atoms with Crippen molar-refractivity contribution in [1.29, 1.82) is 0 Å². The smallest absolute Gasteiger partial charge is 0.225 e. The van der Waals surface area contributed by atoms with Crippen LogP contribution in [0.4, 0.5) is 0 Å². The number of aromatic nitrogens is 1. The van der Waals surface area contributed by atoms with E-state index in [9.17, 15) is 4.79 Å². The molecule has 0 saturated carbocycles. The summed E-state index contributed by atoms with van der Waals surface area (Å²) in [4.78, 5) is 14.8. The van der Waals surface area contributed by atoms with Crippen LogP contribution in [0.2, 0.25) is 0 Å². The Labute approximate surface area is 215 Å². The Hall–Kier alpha value is -2.99. The molecule has 1 aromatic heterocycles. The average molecular weight is 492 g/mol. The highest BCUT2D eigenvalue weighted by Crippen LogP contribution is 2.46. The highest BCUT2D eigenvalue weighted by molar-refractivity contribution is 5.93. The van der Waals surface area contributed by atoms with Crippen LogP contribution in [0.5, 0.6) is 11.5 Å². The van der Waals surface area contributed by atoms with Crippen molar-refractivity contribution in [2.75, 3.05) is 34.9 Å². The molecule has 2 aromatic carbocycles. The second-order valence-corrected chi connectivity index (χ2v) is 10.4. The summed E-state index contributed by atoms with van der Waals surface area (Å²) in [7, 11) is 7.62. The molecule has 4 rings (SSSR count). The highest BCUT2D eigenvalue weighted by Gasteiger charge is 2.35. The minimum Gasteiger partial charge on any atom is -0.497 e. The Kier molecular flexibility index (Phi) is 8.57. The summed E-state index contributed by atoms with van der Waals surface area (Å²) >= 11 is 0. The number of carbonyl (C=O) groups is 1. The maximum atomic E-state index is 12.6. The lowest BCUT2D eigenvalue weighted by Crippen LogP contribution is -2.27. The Morgan fingerprint density at radius 2 is 1.69 bits per heavy atom. The van der Waals surface area contributed by atoms with E-state index in [4.69, 9.17) is 15.2 Å². The molecule has 3 aromatic rings. The molecule has 1 heterocycles. The summed E-state index contributed by atoms with van der Waals surface area (Å²) in [6.45, 7) is 1.83. The number of benzene rings is 2. The monoisotopic (exact) mass is 491 g/mol. The van der Waals surface area contributed by atoms with Crippen molar-refractivity contribution in [3.05, 3.63) is 59.3 Å². The van der Waals surface area contributed by atoms with E-state index in [2.05, 4.69) is 60.0 Å². The van der Waals surface area contributed by atoms with E-state index >= 15 is 0 Å². The molecule has 1 aliphatic rings. The van der Waals surface area contributed by atoms with Crippen molar-refractivity contribution in [2.45, 2.75) is 63.3 Å². The molecule has 0 spiro atoms. The van der Waals surface area contributed by atoms with Crippen LogP contribution in [-0.2, 0) is 11.3 Å². The average Bonchev–Trinajstić information content (AvgIpc) is 3.20.